The molecule has 19 heavy (non-hydrogen) atoms. The number of benzene rings is 1. The molecule has 1 aromatic carbocycles. The molecule has 0 aliphatic rings. The second-order valence-electron chi connectivity index (χ2n) is 3.78. The van der Waals surface area contributed by atoms with Gasteiger partial charge in [-0.3, -0.25) is 4.79 Å². The van der Waals surface area contributed by atoms with Gasteiger partial charge in [0, 0.05) is 11.1 Å². The van der Waals surface area contributed by atoms with Gasteiger partial charge in [0.05, 0.1) is 9.90 Å². The number of hydrogen-bond acceptors (Lipinski definition) is 5. The van der Waals surface area contributed by atoms with Gasteiger partial charge < -0.3 is 5.32 Å². The Hall–Kier alpha value is -1.77. The number of rotatable bonds is 3. The molecule has 0 saturated carbocycles. The normalized spacial score (nSPS) is 11.3. The number of sulfonamides is 1. The fraction of sp³-hybridized carbons (Fsp3) is 0.0909. The Labute approximate surface area is 114 Å². The molecule has 1 heterocycles. The number of aryl methyl sites for hydroxylation is 1. The molecule has 100 valence electrons. The molecule has 0 spiro atoms. The molecule has 0 aliphatic heterocycles. The lowest BCUT2D eigenvalue weighted by Gasteiger charge is -2.05. The van der Waals surface area contributed by atoms with E-state index in [9.17, 15) is 13.2 Å². The number of anilines is 1. The molecule has 8 heteroatoms. The van der Waals surface area contributed by atoms with Crippen LogP contribution in [0.2, 0.25) is 0 Å². The Balaban J connectivity index is 2.22. The van der Waals surface area contributed by atoms with Crippen LogP contribution >= 0.6 is 11.3 Å². The number of carbonyl (C=O) groups excluding carboxylic acids is 1. The number of nitrogens with two attached hydrogens (primary N) is 1. The van der Waals surface area contributed by atoms with Crippen molar-refractivity contribution in [2.45, 2.75) is 11.8 Å². The number of hydrogen-bond donors (Lipinski definition) is 2. The summed E-state index contributed by atoms with van der Waals surface area (Å²) >= 11 is 1.36. The van der Waals surface area contributed by atoms with Crippen LogP contribution in [0.3, 0.4) is 0 Å². The minimum Gasteiger partial charge on any atom is -0.321 e. The highest BCUT2D eigenvalue weighted by Crippen LogP contribution is 2.16. The van der Waals surface area contributed by atoms with E-state index >= 15 is 0 Å². The molecule has 0 fully saturated rings. The summed E-state index contributed by atoms with van der Waals surface area (Å²) in [5.41, 5.74) is 0.644. The largest absolute Gasteiger partial charge is 0.321 e. The number of primary sulfonamides is 1. The predicted octanol–water partition coefficient (Wildman–Crippen LogP) is 1.35. The first-order chi connectivity index (χ1) is 8.86. The van der Waals surface area contributed by atoms with Crippen LogP contribution in [0, 0.1) is 6.92 Å². The van der Waals surface area contributed by atoms with Crippen LogP contribution < -0.4 is 10.5 Å². The van der Waals surface area contributed by atoms with E-state index in [0.717, 1.165) is 5.01 Å². The van der Waals surface area contributed by atoms with E-state index in [4.69, 9.17) is 5.14 Å². The fourth-order valence-electron chi connectivity index (χ4n) is 1.41. The maximum Gasteiger partial charge on any atom is 0.275 e. The first-order valence-corrected chi connectivity index (χ1v) is 7.65. The van der Waals surface area contributed by atoms with Gasteiger partial charge in [0.25, 0.3) is 5.91 Å². The average Bonchev–Trinajstić information content (AvgIpc) is 2.75. The third kappa shape index (κ3) is 3.37. The molecule has 0 radical (unpaired) electrons. The van der Waals surface area contributed by atoms with E-state index in [-0.39, 0.29) is 4.90 Å². The van der Waals surface area contributed by atoms with Crippen LogP contribution in [-0.2, 0) is 10.0 Å². The van der Waals surface area contributed by atoms with Gasteiger partial charge in [0.15, 0.2) is 0 Å². The minimum atomic E-state index is -3.79. The SMILES string of the molecule is Cc1nc(C(=O)Nc2cccc(S(N)(=O)=O)c2)cs1. The first-order valence-electron chi connectivity index (χ1n) is 5.22. The van der Waals surface area contributed by atoms with Crippen molar-refractivity contribution in [2.75, 3.05) is 5.32 Å². The van der Waals surface area contributed by atoms with Crippen molar-refractivity contribution < 1.29 is 13.2 Å². The Kier molecular flexibility index (Phi) is 3.65. The second kappa shape index (κ2) is 5.08. The molecule has 1 amide bonds. The maximum absolute atomic E-state index is 11.8. The lowest BCUT2D eigenvalue weighted by atomic mass is 10.3. The lowest BCUT2D eigenvalue weighted by molar-refractivity contribution is 0.102. The number of thiazole rings is 1. The first kappa shape index (κ1) is 13.7. The number of carbonyl (C=O) groups is 1. The molecule has 1 aromatic heterocycles. The zero-order chi connectivity index (χ0) is 14.0. The summed E-state index contributed by atoms with van der Waals surface area (Å²) in [7, 11) is -3.79. The standard InChI is InChI=1S/C11H11N3O3S2/c1-7-13-10(6-18-7)11(15)14-8-3-2-4-9(5-8)19(12,16)17/h2-6H,1H3,(H,14,15)(H2,12,16,17). The summed E-state index contributed by atoms with van der Waals surface area (Å²) in [6, 6.07) is 5.73. The van der Waals surface area contributed by atoms with Gasteiger partial charge >= 0.3 is 0 Å². The molecule has 3 N–H and O–H groups in total. The van der Waals surface area contributed by atoms with E-state index in [0.29, 0.717) is 11.4 Å². The van der Waals surface area contributed by atoms with Crippen LogP contribution in [0.1, 0.15) is 15.5 Å². The zero-order valence-electron chi connectivity index (χ0n) is 9.95. The van der Waals surface area contributed by atoms with Crippen LogP contribution in [0.15, 0.2) is 34.5 Å². The summed E-state index contributed by atoms with van der Waals surface area (Å²) in [4.78, 5) is 15.8. The summed E-state index contributed by atoms with van der Waals surface area (Å²) in [6.07, 6.45) is 0. The number of nitrogens with one attached hydrogen (secondary N) is 1. The van der Waals surface area contributed by atoms with Crippen molar-refractivity contribution in [1.82, 2.24) is 4.98 Å². The van der Waals surface area contributed by atoms with Crippen molar-refractivity contribution in [3.8, 4) is 0 Å². The molecule has 0 atom stereocenters. The van der Waals surface area contributed by atoms with Crippen molar-refractivity contribution in [2.24, 2.45) is 5.14 Å². The third-order valence-corrected chi connectivity index (χ3v) is 3.96. The molecular formula is C11H11N3O3S2. The average molecular weight is 297 g/mol. The summed E-state index contributed by atoms with van der Waals surface area (Å²) in [6.45, 7) is 1.79. The molecular weight excluding hydrogens is 286 g/mol. The van der Waals surface area contributed by atoms with Gasteiger partial charge in [-0.1, -0.05) is 6.07 Å². The van der Waals surface area contributed by atoms with Crippen LogP contribution in [0.25, 0.3) is 0 Å². The fourth-order valence-corrected chi connectivity index (χ4v) is 2.57. The van der Waals surface area contributed by atoms with Crippen molar-refractivity contribution in [3.05, 3.63) is 40.3 Å². The topological polar surface area (TPSA) is 102 Å². The van der Waals surface area contributed by atoms with E-state index < -0.39 is 15.9 Å². The van der Waals surface area contributed by atoms with Gasteiger partial charge in [0.2, 0.25) is 10.0 Å². The van der Waals surface area contributed by atoms with Gasteiger partial charge in [-0.15, -0.1) is 11.3 Å². The Morgan fingerprint density at radius 2 is 2.16 bits per heavy atom. The van der Waals surface area contributed by atoms with Crippen LogP contribution in [0.4, 0.5) is 5.69 Å². The monoisotopic (exact) mass is 297 g/mol. The number of nitrogens with zero attached hydrogens (tertiary/aromatic N) is 1. The smallest absolute Gasteiger partial charge is 0.275 e. The molecule has 6 nitrogen and oxygen atoms in total. The number of amides is 1. The predicted molar refractivity (Wildman–Crippen MR) is 72.6 cm³/mol. The number of aromatic nitrogens is 1. The lowest BCUT2D eigenvalue weighted by Crippen LogP contribution is -2.15. The van der Waals surface area contributed by atoms with Crippen LogP contribution in [-0.4, -0.2) is 19.3 Å². The second-order valence-corrected chi connectivity index (χ2v) is 6.40. The minimum absolute atomic E-state index is 0.0558. The molecule has 2 rings (SSSR count). The van der Waals surface area contributed by atoms with E-state index in [1.807, 2.05) is 0 Å². The summed E-state index contributed by atoms with van der Waals surface area (Å²) in [5, 5.41) is 10.0. The summed E-state index contributed by atoms with van der Waals surface area (Å²) in [5.74, 6) is -0.393. The van der Waals surface area contributed by atoms with Gasteiger partial charge in [-0.05, 0) is 25.1 Å². The van der Waals surface area contributed by atoms with Crippen molar-refractivity contribution >= 4 is 33.0 Å². The molecule has 2 aromatic rings. The summed E-state index contributed by atoms with van der Waals surface area (Å²) < 4.78 is 22.4. The van der Waals surface area contributed by atoms with E-state index in [1.165, 1.54) is 29.5 Å². The van der Waals surface area contributed by atoms with Crippen molar-refractivity contribution in [3.63, 3.8) is 0 Å². The highest BCUT2D eigenvalue weighted by atomic mass is 32.2. The highest BCUT2D eigenvalue weighted by Gasteiger charge is 2.12. The molecule has 0 unspecified atom stereocenters. The Morgan fingerprint density at radius 1 is 1.42 bits per heavy atom. The third-order valence-electron chi connectivity index (χ3n) is 2.27. The maximum atomic E-state index is 11.8. The molecule has 0 saturated heterocycles. The van der Waals surface area contributed by atoms with Gasteiger partial charge in [-0.25, -0.2) is 18.5 Å². The Bertz CT molecular complexity index is 722. The van der Waals surface area contributed by atoms with Gasteiger partial charge in [-0.2, -0.15) is 0 Å². The quantitative estimate of drug-likeness (QED) is 0.892. The van der Waals surface area contributed by atoms with E-state index in [1.54, 1.807) is 18.4 Å². The molecule has 0 bridgehead atoms. The zero-order valence-corrected chi connectivity index (χ0v) is 11.6. The Morgan fingerprint density at radius 3 is 2.74 bits per heavy atom. The van der Waals surface area contributed by atoms with Crippen molar-refractivity contribution in [1.29, 1.82) is 0 Å². The van der Waals surface area contributed by atoms with Crippen LogP contribution in [0.5, 0.6) is 0 Å². The van der Waals surface area contributed by atoms with E-state index in [2.05, 4.69) is 10.3 Å². The molecule has 0 aliphatic carbocycles. The van der Waals surface area contributed by atoms with Gasteiger partial charge in [0.1, 0.15) is 5.69 Å². The highest BCUT2D eigenvalue weighted by molar-refractivity contribution is 7.89.